The van der Waals surface area contributed by atoms with Gasteiger partial charge in [-0.3, -0.25) is 4.90 Å². The summed E-state index contributed by atoms with van der Waals surface area (Å²) in [6, 6.07) is 1.88. The lowest BCUT2D eigenvalue weighted by Crippen LogP contribution is -2.59. The molecule has 3 atom stereocenters. The van der Waals surface area contributed by atoms with Crippen LogP contribution in [0.4, 0.5) is 0 Å². The number of nitrogens with zero attached hydrogens (tertiary/aromatic N) is 1. The van der Waals surface area contributed by atoms with Crippen LogP contribution >= 0.6 is 0 Å². The molecule has 1 aliphatic rings. The van der Waals surface area contributed by atoms with Gasteiger partial charge in [-0.15, -0.1) is 0 Å². The first-order valence-corrected chi connectivity index (χ1v) is 6.79. The molecule has 0 aromatic heterocycles. The fraction of sp³-hybridized carbons (Fsp3) is 1.00. The number of hydrogen-bond donors (Lipinski definition) is 1. The fourth-order valence-electron chi connectivity index (χ4n) is 2.46. The zero-order chi connectivity index (χ0) is 12.0. The van der Waals surface area contributed by atoms with Crippen LogP contribution in [0.3, 0.4) is 0 Å². The summed E-state index contributed by atoms with van der Waals surface area (Å²) in [7, 11) is 0. The number of nitrogens with one attached hydrogen (secondary N) is 1. The first-order chi connectivity index (χ1) is 7.72. The molecule has 1 N–H and O–H groups in total. The average molecular weight is 228 g/mol. The first-order valence-electron chi connectivity index (χ1n) is 6.79. The van der Waals surface area contributed by atoms with Crippen LogP contribution in [0.5, 0.6) is 0 Å². The third kappa shape index (κ3) is 3.72. The molecule has 3 heteroatoms. The van der Waals surface area contributed by atoms with Crippen LogP contribution in [-0.4, -0.2) is 49.3 Å². The van der Waals surface area contributed by atoms with E-state index in [1.54, 1.807) is 0 Å². The molecule has 1 aliphatic heterocycles. The maximum absolute atomic E-state index is 5.55. The van der Waals surface area contributed by atoms with Gasteiger partial charge in [0.15, 0.2) is 0 Å². The van der Waals surface area contributed by atoms with E-state index in [2.05, 4.69) is 37.9 Å². The molecule has 0 saturated carbocycles. The Morgan fingerprint density at radius 1 is 1.31 bits per heavy atom. The molecule has 3 unspecified atom stereocenters. The van der Waals surface area contributed by atoms with Gasteiger partial charge in [-0.25, -0.2) is 0 Å². The molecule has 3 nitrogen and oxygen atoms in total. The predicted molar refractivity (Wildman–Crippen MR) is 68.8 cm³/mol. The molecule has 0 bridgehead atoms. The maximum Gasteiger partial charge on any atom is 0.0619 e. The number of hydrogen-bond acceptors (Lipinski definition) is 3. The second-order valence-electron chi connectivity index (χ2n) is 4.78. The molecule has 96 valence electrons. The Kier molecular flexibility index (Phi) is 6.32. The van der Waals surface area contributed by atoms with Crippen molar-refractivity contribution in [3.63, 3.8) is 0 Å². The molecular weight excluding hydrogens is 200 g/mol. The van der Waals surface area contributed by atoms with Gasteiger partial charge in [0.25, 0.3) is 0 Å². The molecule has 0 aromatic carbocycles. The summed E-state index contributed by atoms with van der Waals surface area (Å²) in [5.74, 6) is 0. The van der Waals surface area contributed by atoms with Crippen LogP contribution in [-0.2, 0) is 4.74 Å². The van der Waals surface area contributed by atoms with Gasteiger partial charge in [-0.2, -0.15) is 0 Å². The van der Waals surface area contributed by atoms with Crippen molar-refractivity contribution >= 4 is 0 Å². The SMILES string of the molecule is CCOCC(C)N1CC(CC)NCC1CC. The minimum atomic E-state index is 0.543. The van der Waals surface area contributed by atoms with Gasteiger partial charge >= 0.3 is 0 Å². The summed E-state index contributed by atoms with van der Waals surface area (Å²) >= 11 is 0. The van der Waals surface area contributed by atoms with Crippen molar-refractivity contribution in [1.29, 1.82) is 0 Å². The molecule has 0 spiro atoms. The van der Waals surface area contributed by atoms with Crippen LogP contribution in [0.15, 0.2) is 0 Å². The van der Waals surface area contributed by atoms with Gasteiger partial charge in [0.2, 0.25) is 0 Å². The van der Waals surface area contributed by atoms with Crippen LogP contribution in [0.2, 0.25) is 0 Å². The number of rotatable bonds is 6. The van der Waals surface area contributed by atoms with E-state index in [-0.39, 0.29) is 0 Å². The van der Waals surface area contributed by atoms with Gasteiger partial charge < -0.3 is 10.1 Å². The molecular formula is C13H28N2O. The fourth-order valence-corrected chi connectivity index (χ4v) is 2.46. The van der Waals surface area contributed by atoms with Crippen molar-refractivity contribution in [3.05, 3.63) is 0 Å². The van der Waals surface area contributed by atoms with Crippen LogP contribution < -0.4 is 5.32 Å². The smallest absolute Gasteiger partial charge is 0.0619 e. The third-order valence-electron chi connectivity index (χ3n) is 3.64. The van der Waals surface area contributed by atoms with E-state index in [1.165, 1.54) is 19.4 Å². The lowest BCUT2D eigenvalue weighted by atomic mass is 10.0. The zero-order valence-electron chi connectivity index (χ0n) is 11.3. The minimum Gasteiger partial charge on any atom is -0.380 e. The highest BCUT2D eigenvalue weighted by Gasteiger charge is 2.28. The highest BCUT2D eigenvalue weighted by atomic mass is 16.5. The average Bonchev–Trinajstić information content (AvgIpc) is 2.35. The Morgan fingerprint density at radius 3 is 2.62 bits per heavy atom. The van der Waals surface area contributed by atoms with Crippen molar-refractivity contribution in [2.75, 3.05) is 26.3 Å². The molecule has 16 heavy (non-hydrogen) atoms. The number of ether oxygens (including phenoxy) is 1. The third-order valence-corrected chi connectivity index (χ3v) is 3.64. The van der Waals surface area contributed by atoms with Crippen LogP contribution in [0.25, 0.3) is 0 Å². The number of piperazine rings is 1. The normalized spacial score (nSPS) is 29.2. The monoisotopic (exact) mass is 228 g/mol. The zero-order valence-corrected chi connectivity index (χ0v) is 11.3. The summed E-state index contributed by atoms with van der Waals surface area (Å²) in [6.45, 7) is 12.9. The minimum absolute atomic E-state index is 0.543. The first kappa shape index (κ1) is 13.9. The lowest BCUT2D eigenvalue weighted by molar-refractivity contribution is 0.0266. The second kappa shape index (κ2) is 7.25. The van der Waals surface area contributed by atoms with Gasteiger partial charge in [-0.1, -0.05) is 13.8 Å². The van der Waals surface area contributed by atoms with Gasteiger partial charge in [0, 0.05) is 37.8 Å². The van der Waals surface area contributed by atoms with Crippen molar-refractivity contribution in [2.24, 2.45) is 0 Å². The Bertz CT molecular complexity index is 187. The molecule has 0 aliphatic carbocycles. The van der Waals surface area contributed by atoms with Crippen LogP contribution in [0, 0.1) is 0 Å². The lowest BCUT2D eigenvalue weighted by Gasteiger charge is -2.43. The Balaban J connectivity index is 2.49. The van der Waals surface area contributed by atoms with E-state index in [1.807, 2.05) is 0 Å². The largest absolute Gasteiger partial charge is 0.380 e. The maximum atomic E-state index is 5.55. The molecule has 1 saturated heterocycles. The molecule has 0 amide bonds. The quantitative estimate of drug-likeness (QED) is 0.751. The Hall–Kier alpha value is -0.120. The van der Waals surface area contributed by atoms with Crippen molar-refractivity contribution < 1.29 is 4.74 Å². The molecule has 1 rings (SSSR count). The van der Waals surface area contributed by atoms with Crippen molar-refractivity contribution in [3.8, 4) is 0 Å². The van der Waals surface area contributed by atoms with Gasteiger partial charge in [0.1, 0.15) is 0 Å². The van der Waals surface area contributed by atoms with Gasteiger partial charge in [-0.05, 0) is 26.7 Å². The Labute approximate surface area is 101 Å². The molecule has 1 heterocycles. The summed E-state index contributed by atoms with van der Waals surface area (Å²) in [5, 5.41) is 3.63. The second-order valence-corrected chi connectivity index (χ2v) is 4.78. The molecule has 0 radical (unpaired) electrons. The van der Waals surface area contributed by atoms with Crippen LogP contribution in [0.1, 0.15) is 40.5 Å². The topological polar surface area (TPSA) is 24.5 Å². The standard InChI is InChI=1S/C13H28N2O/c1-5-12-9-15(11(4)10-16-7-3)13(6-2)8-14-12/h11-14H,5-10H2,1-4H3. The molecule has 1 fully saturated rings. The van der Waals surface area contributed by atoms with Crippen molar-refractivity contribution in [2.45, 2.75) is 58.7 Å². The van der Waals surface area contributed by atoms with E-state index in [0.717, 1.165) is 19.8 Å². The van der Waals surface area contributed by atoms with Gasteiger partial charge in [0.05, 0.1) is 6.61 Å². The molecule has 0 aromatic rings. The van der Waals surface area contributed by atoms with E-state index in [0.29, 0.717) is 18.1 Å². The summed E-state index contributed by atoms with van der Waals surface area (Å²) in [6.07, 6.45) is 2.44. The summed E-state index contributed by atoms with van der Waals surface area (Å²) in [5.41, 5.74) is 0. The Morgan fingerprint density at radius 2 is 2.06 bits per heavy atom. The van der Waals surface area contributed by atoms with E-state index >= 15 is 0 Å². The highest BCUT2D eigenvalue weighted by molar-refractivity contribution is 4.87. The predicted octanol–water partition coefficient (Wildman–Crippen LogP) is 1.87. The summed E-state index contributed by atoms with van der Waals surface area (Å²) < 4.78 is 5.55. The highest BCUT2D eigenvalue weighted by Crippen LogP contribution is 2.15. The summed E-state index contributed by atoms with van der Waals surface area (Å²) in [4.78, 5) is 2.63. The van der Waals surface area contributed by atoms with E-state index in [9.17, 15) is 0 Å². The van der Waals surface area contributed by atoms with Crippen molar-refractivity contribution in [1.82, 2.24) is 10.2 Å². The van der Waals surface area contributed by atoms with E-state index in [4.69, 9.17) is 4.74 Å². The van der Waals surface area contributed by atoms with E-state index < -0.39 is 0 Å².